The minimum atomic E-state index is -0.272. The van der Waals surface area contributed by atoms with Gasteiger partial charge in [0.05, 0.1) is 36.3 Å². The van der Waals surface area contributed by atoms with Crippen LogP contribution in [0.2, 0.25) is 0 Å². The molecule has 136 valence electrons. The zero-order valence-corrected chi connectivity index (χ0v) is 14.8. The Morgan fingerprint density at radius 3 is 2.88 bits per heavy atom. The summed E-state index contributed by atoms with van der Waals surface area (Å²) < 4.78 is 19.6. The van der Waals surface area contributed by atoms with Crippen molar-refractivity contribution in [2.45, 2.75) is 24.9 Å². The van der Waals surface area contributed by atoms with Crippen LogP contribution >= 0.6 is 0 Å². The molecule has 2 aromatic rings. The van der Waals surface area contributed by atoms with Gasteiger partial charge in [-0.1, -0.05) is 6.07 Å². The molecule has 2 aliphatic heterocycles. The maximum Gasteiger partial charge on any atom is 0.134 e. The van der Waals surface area contributed by atoms with Crippen molar-refractivity contribution in [3.63, 3.8) is 0 Å². The molecule has 3 heterocycles. The highest BCUT2D eigenvalue weighted by atomic mass is 19.1. The van der Waals surface area contributed by atoms with Gasteiger partial charge in [-0.15, -0.1) is 0 Å². The fourth-order valence-corrected chi connectivity index (χ4v) is 3.70. The van der Waals surface area contributed by atoms with Crippen LogP contribution in [0.1, 0.15) is 30.1 Å². The van der Waals surface area contributed by atoms with Crippen molar-refractivity contribution in [3.05, 3.63) is 59.8 Å². The van der Waals surface area contributed by atoms with Gasteiger partial charge in [0.15, 0.2) is 0 Å². The molecule has 1 unspecified atom stereocenters. The molecule has 3 N–H and O–H groups in total. The topological polar surface area (TPSA) is 63.4 Å². The number of nitrogens with one attached hydrogen (secondary N) is 1. The Morgan fingerprint density at radius 2 is 2.19 bits per heavy atom. The maximum absolute atomic E-state index is 14.3. The number of rotatable bonds is 4. The minimum Gasteiger partial charge on any atom is -0.496 e. The van der Waals surface area contributed by atoms with E-state index < -0.39 is 0 Å². The van der Waals surface area contributed by atoms with Gasteiger partial charge in [-0.3, -0.25) is 4.98 Å². The molecule has 1 aromatic heterocycles. The SMILES string of the molecule is COc1cccc(F)c1C1=CNC(c2ccc(N3CC[C@H](N)C3)cn2)C1. The highest BCUT2D eigenvalue weighted by Crippen LogP contribution is 2.37. The van der Waals surface area contributed by atoms with E-state index in [4.69, 9.17) is 10.5 Å². The van der Waals surface area contributed by atoms with Crippen LogP contribution in [-0.2, 0) is 0 Å². The summed E-state index contributed by atoms with van der Waals surface area (Å²) in [6, 6.07) is 9.29. The first-order valence-corrected chi connectivity index (χ1v) is 8.90. The van der Waals surface area contributed by atoms with E-state index in [1.165, 1.54) is 6.07 Å². The highest BCUT2D eigenvalue weighted by molar-refractivity contribution is 5.73. The Labute approximate surface area is 152 Å². The number of anilines is 1. The van der Waals surface area contributed by atoms with Gasteiger partial charge >= 0.3 is 0 Å². The summed E-state index contributed by atoms with van der Waals surface area (Å²) >= 11 is 0. The first-order valence-electron chi connectivity index (χ1n) is 8.90. The second-order valence-electron chi connectivity index (χ2n) is 6.85. The molecule has 2 aliphatic rings. The summed E-state index contributed by atoms with van der Waals surface area (Å²) in [6.07, 6.45) is 5.44. The molecule has 0 bridgehead atoms. The quantitative estimate of drug-likeness (QED) is 0.884. The van der Waals surface area contributed by atoms with E-state index in [0.29, 0.717) is 17.7 Å². The molecular formula is C20H23FN4O. The van der Waals surface area contributed by atoms with E-state index in [0.717, 1.165) is 36.5 Å². The number of halogens is 1. The summed E-state index contributed by atoms with van der Waals surface area (Å²) in [6.45, 7) is 1.85. The molecule has 6 heteroatoms. The Morgan fingerprint density at radius 1 is 1.31 bits per heavy atom. The van der Waals surface area contributed by atoms with E-state index in [-0.39, 0.29) is 17.9 Å². The fraction of sp³-hybridized carbons (Fsp3) is 0.350. The van der Waals surface area contributed by atoms with Crippen LogP contribution in [0.15, 0.2) is 42.7 Å². The van der Waals surface area contributed by atoms with Crippen LogP contribution in [-0.4, -0.2) is 31.2 Å². The van der Waals surface area contributed by atoms with Gasteiger partial charge in [0, 0.05) is 31.8 Å². The van der Waals surface area contributed by atoms with Gasteiger partial charge < -0.3 is 20.7 Å². The number of nitrogens with zero attached hydrogens (tertiary/aromatic N) is 2. The molecule has 0 aliphatic carbocycles. The summed E-state index contributed by atoms with van der Waals surface area (Å²) in [5.41, 5.74) is 9.43. The Hall–Kier alpha value is -2.60. The first kappa shape index (κ1) is 16.8. The lowest BCUT2D eigenvalue weighted by Crippen LogP contribution is -2.26. The zero-order chi connectivity index (χ0) is 18.1. The average molecular weight is 354 g/mol. The Kier molecular flexibility index (Phi) is 4.51. The second-order valence-corrected chi connectivity index (χ2v) is 6.85. The highest BCUT2D eigenvalue weighted by Gasteiger charge is 2.25. The van der Waals surface area contributed by atoms with Gasteiger partial charge in [0.2, 0.25) is 0 Å². The first-order chi connectivity index (χ1) is 12.7. The Balaban J connectivity index is 1.49. The van der Waals surface area contributed by atoms with Crippen molar-refractivity contribution in [1.82, 2.24) is 10.3 Å². The van der Waals surface area contributed by atoms with Crippen molar-refractivity contribution in [2.24, 2.45) is 5.73 Å². The lowest BCUT2D eigenvalue weighted by Gasteiger charge is -2.19. The van der Waals surface area contributed by atoms with Crippen LogP contribution in [0.5, 0.6) is 5.75 Å². The van der Waals surface area contributed by atoms with Gasteiger partial charge in [0.25, 0.3) is 0 Å². The molecule has 26 heavy (non-hydrogen) atoms. The monoisotopic (exact) mass is 354 g/mol. The molecular weight excluding hydrogens is 331 g/mol. The van der Waals surface area contributed by atoms with Crippen LogP contribution in [0.4, 0.5) is 10.1 Å². The lowest BCUT2D eigenvalue weighted by molar-refractivity contribution is 0.409. The van der Waals surface area contributed by atoms with E-state index in [1.807, 2.05) is 18.5 Å². The number of benzene rings is 1. The van der Waals surface area contributed by atoms with Crippen molar-refractivity contribution in [1.29, 1.82) is 0 Å². The van der Waals surface area contributed by atoms with E-state index >= 15 is 0 Å². The van der Waals surface area contributed by atoms with Gasteiger partial charge in [0.1, 0.15) is 11.6 Å². The van der Waals surface area contributed by atoms with Crippen LogP contribution in [0.3, 0.4) is 0 Å². The Bertz CT molecular complexity index is 821. The van der Waals surface area contributed by atoms with Crippen LogP contribution < -0.4 is 20.7 Å². The van der Waals surface area contributed by atoms with E-state index in [1.54, 1.807) is 19.2 Å². The van der Waals surface area contributed by atoms with Gasteiger partial charge in [-0.25, -0.2) is 4.39 Å². The standard InChI is InChI=1S/C20H23FN4O/c1-26-19-4-2-3-16(21)20(19)13-9-18(23-10-13)17-6-5-15(11-24-17)25-8-7-14(22)12-25/h2-6,10-11,14,18,23H,7-9,12,22H2,1H3/t14-,18?/m0/s1. The molecule has 0 radical (unpaired) electrons. The number of methoxy groups -OCH3 is 1. The third kappa shape index (κ3) is 3.12. The number of nitrogens with two attached hydrogens (primary N) is 1. The van der Waals surface area contributed by atoms with Gasteiger partial charge in [-0.05, 0) is 36.3 Å². The smallest absolute Gasteiger partial charge is 0.134 e. The van der Waals surface area contributed by atoms with Crippen molar-refractivity contribution < 1.29 is 9.13 Å². The fourth-order valence-electron chi connectivity index (χ4n) is 3.70. The predicted molar refractivity (Wildman–Crippen MR) is 100 cm³/mol. The molecule has 0 spiro atoms. The molecule has 0 amide bonds. The third-order valence-corrected chi connectivity index (χ3v) is 5.12. The van der Waals surface area contributed by atoms with Gasteiger partial charge in [-0.2, -0.15) is 0 Å². The zero-order valence-electron chi connectivity index (χ0n) is 14.8. The molecule has 1 saturated heterocycles. The lowest BCUT2D eigenvalue weighted by atomic mass is 9.99. The summed E-state index contributed by atoms with van der Waals surface area (Å²) in [5, 5.41) is 3.32. The van der Waals surface area contributed by atoms with Crippen molar-refractivity contribution in [3.8, 4) is 5.75 Å². The molecule has 2 atom stereocenters. The number of ether oxygens (including phenoxy) is 1. The van der Waals surface area contributed by atoms with E-state index in [9.17, 15) is 4.39 Å². The molecule has 0 saturated carbocycles. The number of hydrogen-bond donors (Lipinski definition) is 2. The van der Waals surface area contributed by atoms with Crippen molar-refractivity contribution >= 4 is 11.3 Å². The third-order valence-electron chi connectivity index (χ3n) is 5.12. The van der Waals surface area contributed by atoms with E-state index in [2.05, 4.69) is 21.3 Å². The summed E-state index contributed by atoms with van der Waals surface area (Å²) in [4.78, 5) is 6.88. The largest absolute Gasteiger partial charge is 0.496 e. The number of aromatic nitrogens is 1. The molecule has 5 nitrogen and oxygen atoms in total. The maximum atomic E-state index is 14.3. The average Bonchev–Trinajstić information content (AvgIpc) is 3.31. The summed E-state index contributed by atoms with van der Waals surface area (Å²) in [7, 11) is 1.56. The number of hydrogen-bond acceptors (Lipinski definition) is 5. The van der Waals surface area contributed by atoms with Crippen molar-refractivity contribution in [2.75, 3.05) is 25.1 Å². The summed E-state index contributed by atoms with van der Waals surface area (Å²) in [5.74, 6) is 0.277. The van der Waals surface area contributed by atoms with Crippen LogP contribution in [0.25, 0.3) is 5.57 Å². The number of pyridine rings is 1. The predicted octanol–water partition coefficient (Wildman–Crippen LogP) is 2.84. The molecule has 4 rings (SSSR count). The normalized spacial score (nSPS) is 22.3. The molecule has 1 aromatic carbocycles. The molecule has 1 fully saturated rings. The second kappa shape index (κ2) is 6.96. The minimum absolute atomic E-state index is 0.0317. The van der Waals surface area contributed by atoms with Crippen LogP contribution in [0, 0.1) is 5.82 Å².